The third-order valence-corrected chi connectivity index (χ3v) is 3.27. The van der Waals surface area contributed by atoms with Gasteiger partial charge in [-0.2, -0.15) is 0 Å². The first-order valence-electron chi connectivity index (χ1n) is 5.59. The normalized spacial score (nSPS) is 10.3. The summed E-state index contributed by atoms with van der Waals surface area (Å²) in [6.45, 7) is 0.207. The van der Waals surface area contributed by atoms with Crippen LogP contribution < -0.4 is 5.32 Å². The van der Waals surface area contributed by atoms with Crippen molar-refractivity contribution in [2.24, 2.45) is 0 Å². The van der Waals surface area contributed by atoms with Crippen LogP contribution in [-0.4, -0.2) is 4.92 Å². The summed E-state index contributed by atoms with van der Waals surface area (Å²) in [5.74, 6) is -1.13. The Morgan fingerprint density at radius 2 is 1.90 bits per heavy atom. The van der Waals surface area contributed by atoms with Crippen molar-refractivity contribution in [2.75, 3.05) is 5.32 Å². The maximum atomic E-state index is 13.6. The Morgan fingerprint density at radius 3 is 2.50 bits per heavy atom. The lowest BCUT2D eigenvalue weighted by atomic mass is 10.2. The minimum absolute atomic E-state index is 0.124. The van der Waals surface area contributed by atoms with Gasteiger partial charge in [0, 0.05) is 12.6 Å². The number of benzene rings is 2. The number of hydrogen-bond acceptors (Lipinski definition) is 3. The fraction of sp³-hybridized carbons (Fsp3) is 0.0769. The predicted molar refractivity (Wildman–Crippen MR) is 74.5 cm³/mol. The van der Waals surface area contributed by atoms with Crippen LogP contribution in [0.25, 0.3) is 0 Å². The van der Waals surface area contributed by atoms with E-state index < -0.39 is 16.6 Å². The average Bonchev–Trinajstić information content (AvgIpc) is 2.41. The average molecular weight is 343 g/mol. The molecule has 20 heavy (non-hydrogen) atoms. The fourth-order valence-electron chi connectivity index (χ4n) is 1.61. The molecule has 2 aromatic carbocycles. The molecule has 0 aromatic heterocycles. The summed E-state index contributed by atoms with van der Waals surface area (Å²) in [4.78, 5) is 9.82. The fourth-order valence-corrected chi connectivity index (χ4v) is 1.85. The van der Waals surface area contributed by atoms with Crippen LogP contribution in [0.1, 0.15) is 5.56 Å². The van der Waals surface area contributed by atoms with Gasteiger partial charge in [0.15, 0.2) is 5.82 Å². The maximum Gasteiger partial charge on any atom is 0.272 e. The standard InChI is InChI=1S/C13H9BrF2N2O2/c14-10-3-1-8(5-11(10)15)7-17-13-4-2-9(18(19)20)6-12(13)16/h1-6,17H,7H2. The first-order valence-corrected chi connectivity index (χ1v) is 6.38. The van der Waals surface area contributed by atoms with Crippen LogP contribution in [0.4, 0.5) is 20.2 Å². The monoisotopic (exact) mass is 342 g/mol. The third-order valence-electron chi connectivity index (χ3n) is 2.63. The van der Waals surface area contributed by atoms with Crippen molar-refractivity contribution in [3.05, 3.63) is 68.2 Å². The van der Waals surface area contributed by atoms with Crippen molar-refractivity contribution < 1.29 is 13.7 Å². The quantitative estimate of drug-likeness (QED) is 0.667. The highest BCUT2D eigenvalue weighted by Gasteiger charge is 2.10. The van der Waals surface area contributed by atoms with Crippen LogP contribution in [0.15, 0.2) is 40.9 Å². The molecular weight excluding hydrogens is 334 g/mol. The lowest BCUT2D eigenvalue weighted by Crippen LogP contribution is -2.02. The molecule has 7 heteroatoms. The summed E-state index contributed by atoms with van der Waals surface area (Å²) in [6, 6.07) is 7.88. The molecule has 0 amide bonds. The molecule has 1 N–H and O–H groups in total. The molecule has 0 aliphatic heterocycles. The molecule has 2 aromatic rings. The molecule has 2 rings (SSSR count). The molecule has 0 aliphatic rings. The molecule has 0 saturated carbocycles. The van der Waals surface area contributed by atoms with Crippen molar-refractivity contribution >= 4 is 27.3 Å². The van der Waals surface area contributed by atoms with Crippen LogP contribution in [0.2, 0.25) is 0 Å². The van der Waals surface area contributed by atoms with Crippen LogP contribution in [-0.2, 0) is 6.54 Å². The summed E-state index contributed by atoms with van der Waals surface area (Å²) >= 11 is 3.04. The van der Waals surface area contributed by atoms with Crippen LogP contribution in [0.3, 0.4) is 0 Å². The van der Waals surface area contributed by atoms with E-state index in [1.807, 2.05) is 0 Å². The number of halogens is 3. The number of nitro benzene ring substituents is 1. The molecule has 4 nitrogen and oxygen atoms in total. The molecule has 0 atom stereocenters. The van der Waals surface area contributed by atoms with Crippen molar-refractivity contribution in [1.82, 2.24) is 0 Å². The number of nitrogens with zero attached hydrogens (tertiary/aromatic N) is 1. The molecule has 0 heterocycles. The van der Waals surface area contributed by atoms with E-state index in [1.54, 1.807) is 12.1 Å². The van der Waals surface area contributed by atoms with Crippen LogP contribution >= 0.6 is 15.9 Å². The smallest absolute Gasteiger partial charge is 0.272 e. The largest absolute Gasteiger partial charge is 0.379 e. The SMILES string of the molecule is O=[N+]([O-])c1ccc(NCc2ccc(Br)c(F)c2)c(F)c1. The van der Waals surface area contributed by atoms with Gasteiger partial charge in [-0.3, -0.25) is 10.1 Å². The Labute approximate surface area is 121 Å². The topological polar surface area (TPSA) is 55.2 Å². The second-order valence-electron chi connectivity index (χ2n) is 4.02. The lowest BCUT2D eigenvalue weighted by Gasteiger charge is -2.08. The molecular formula is C13H9BrF2N2O2. The van der Waals surface area contributed by atoms with Gasteiger partial charge >= 0.3 is 0 Å². The number of anilines is 1. The zero-order valence-electron chi connectivity index (χ0n) is 10.1. The van der Waals surface area contributed by atoms with Gasteiger partial charge in [0.2, 0.25) is 0 Å². The zero-order chi connectivity index (χ0) is 14.7. The number of nitrogens with one attached hydrogen (secondary N) is 1. The van der Waals surface area contributed by atoms with Gasteiger partial charge in [0.1, 0.15) is 5.82 Å². The van der Waals surface area contributed by atoms with E-state index in [9.17, 15) is 18.9 Å². The molecule has 0 unspecified atom stereocenters. The minimum atomic E-state index is -0.725. The molecule has 0 bridgehead atoms. The number of non-ortho nitro benzene ring substituents is 1. The highest BCUT2D eigenvalue weighted by Crippen LogP contribution is 2.22. The van der Waals surface area contributed by atoms with E-state index in [1.165, 1.54) is 18.2 Å². The van der Waals surface area contributed by atoms with Gasteiger partial charge in [-0.15, -0.1) is 0 Å². The van der Waals surface area contributed by atoms with E-state index in [0.717, 1.165) is 6.07 Å². The lowest BCUT2D eigenvalue weighted by molar-refractivity contribution is -0.385. The van der Waals surface area contributed by atoms with E-state index in [2.05, 4.69) is 21.2 Å². The zero-order valence-corrected chi connectivity index (χ0v) is 11.7. The second kappa shape index (κ2) is 5.96. The number of hydrogen-bond donors (Lipinski definition) is 1. The van der Waals surface area contributed by atoms with Crippen molar-refractivity contribution in [3.8, 4) is 0 Å². The Bertz CT molecular complexity index is 665. The highest BCUT2D eigenvalue weighted by atomic mass is 79.9. The van der Waals surface area contributed by atoms with Crippen molar-refractivity contribution in [2.45, 2.75) is 6.54 Å². The maximum absolute atomic E-state index is 13.6. The highest BCUT2D eigenvalue weighted by molar-refractivity contribution is 9.10. The van der Waals surface area contributed by atoms with Gasteiger partial charge in [-0.1, -0.05) is 6.07 Å². The summed E-state index contributed by atoms with van der Waals surface area (Å²) in [5.41, 5.74) is 0.435. The van der Waals surface area contributed by atoms with Crippen LogP contribution in [0, 0.1) is 21.7 Å². The van der Waals surface area contributed by atoms with Crippen molar-refractivity contribution in [3.63, 3.8) is 0 Å². The van der Waals surface area contributed by atoms with Gasteiger partial charge in [0.25, 0.3) is 5.69 Å². The van der Waals surface area contributed by atoms with Gasteiger partial charge in [0.05, 0.1) is 21.1 Å². The van der Waals surface area contributed by atoms with E-state index >= 15 is 0 Å². The molecule has 104 valence electrons. The van der Waals surface area contributed by atoms with E-state index in [-0.39, 0.29) is 17.9 Å². The van der Waals surface area contributed by atoms with E-state index in [0.29, 0.717) is 10.0 Å². The van der Waals surface area contributed by atoms with Crippen molar-refractivity contribution in [1.29, 1.82) is 0 Å². The predicted octanol–water partition coefficient (Wildman–Crippen LogP) is 4.25. The Hall–Kier alpha value is -2.02. The third kappa shape index (κ3) is 3.30. The first-order chi connectivity index (χ1) is 9.47. The summed E-state index contributed by atoms with van der Waals surface area (Å²) in [5, 5.41) is 13.2. The van der Waals surface area contributed by atoms with Gasteiger partial charge in [-0.25, -0.2) is 8.78 Å². The summed E-state index contributed by atoms with van der Waals surface area (Å²) in [6.07, 6.45) is 0. The molecule has 0 spiro atoms. The Morgan fingerprint density at radius 1 is 1.15 bits per heavy atom. The Kier molecular flexibility index (Phi) is 4.29. The van der Waals surface area contributed by atoms with E-state index in [4.69, 9.17) is 0 Å². The second-order valence-corrected chi connectivity index (χ2v) is 4.88. The molecule has 0 aliphatic carbocycles. The Balaban J connectivity index is 2.10. The summed E-state index contributed by atoms with van der Waals surface area (Å²) < 4.78 is 27.3. The van der Waals surface area contributed by atoms with Gasteiger partial charge < -0.3 is 5.32 Å². The molecule has 0 saturated heterocycles. The van der Waals surface area contributed by atoms with Gasteiger partial charge in [-0.05, 0) is 39.7 Å². The first kappa shape index (κ1) is 14.4. The molecule has 0 radical (unpaired) electrons. The van der Waals surface area contributed by atoms with Crippen LogP contribution in [0.5, 0.6) is 0 Å². The number of nitro groups is 1. The summed E-state index contributed by atoms with van der Waals surface area (Å²) in [7, 11) is 0. The minimum Gasteiger partial charge on any atom is -0.379 e. The molecule has 0 fully saturated rings. The number of rotatable bonds is 4.